The zero-order valence-electron chi connectivity index (χ0n) is 18.0. The van der Waals surface area contributed by atoms with Crippen molar-refractivity contribution in [3.63, 3.8) is 0 Å². The van der Waals surface area contributed by atoms with Gasteiger partial charge < -0.3 is 35.0 Å². The molecule has 0 radical (unpaired) electrons. The first-order chi connectivity index (χ1) is 13.7. The number of halogens is 2. The summed E-state index contributed by atoms with van der Waals surface area (Å²) in [4.78, 5) is 4.83. The smallest absolute Gasteiger partial charge is 1.00 e. The van der Waals surface area contributed by atoms with E-state index in [0.29, 0.717) is 12.5 Å². The molecule has 32 heavy (non-hydrogen) atoms. The summed E-state index contributed by atoms with van der Waals surface area (Å²) >= 11 is 0. The van der Waals surface area contributed by atoms with Crippen molar-refractivity contribution in [1.29, 1.82) is 0 Å². The van der Waals surface area contributed by atoms with Crippen LogP contribution >= 0.6 is 7.92 Å². The molecule has 1 atom stereocenters. The zero-order chi connectivity index (χ0) is 19.3. The molecule has 0 spiro atoms. The van der Waals surface area contributed by atoms with E-state index in [1.165, 1.54) is 21.5 Å². The third-order valence-corrected chi connectivity index (χ3v) is 7.65. The molecule has 4 rings (SSSR count). The molecule has 0 saturated heterocycles. The van der Waals surface area contributed by atoms with Crippen LogP contribution in [0.25, 0.3) is 0 Å². The number of benzene rings is 3. The van der Waals surface area contributed by atoms with Gasteiger partial charge in [-0.3, -0.25) is 0 Å². The van der Waals surface area contributed by atoms with Crippen molar-refractivity contribution in [3.8, 4) is 0 Å². The summed E-state index contributed by atoms with van der Waals surface area (Å²) in [7, 11) is -0.621. The minimum Gasteiger partial charge on any atom is -1.00 e. The van der Waals surface area contributed by atoms with Crippen LogP contribution < -0.4 is 40.7 Å². The topological polar surface area (TPSA) is 53.1 Å². The Morgan fingerprint density at radius 3 is 1.84 bits per heavy atom. The van der Waals surface area contributed by atoms with E-state index in [9.17, 15) is 0 Å². The Morgan fingerprint density at radius 2 is 1.34 bits per heavy atom. The van der Waals surface area contributed by atoms with Crippen LogP contribution in [0.3, 0.4) is 0 Å². The van der Waals surface area contributed by atoms with Crippen LogP contribution in [-0.4, -0.2) is 24.0 Å². The Labute approximate surface area is 218 Å². The Balaban J connectivity index is 0.00000240. The quantitative estimate of drug-likeness (QED) is 0.237. The second-order valence-corrected chi connectivity index (χ2v) is 9.64. The molecule has 3 nitrogen and oxygen atoms in total. The normalized spacial score (nSPS) is 14.2. The molecule has 0 unspecified atom stereocenters. The number of hydrogen-bond donors (Lipinski definition) is 0. The number of ether oxygens (including phenoxy) is 1. The van der Waals surface area contributed by atoms with E-state index < -0.39 is 7.92 Å². The minimum atomic E-state index is -0.621. The summed E-state index contributed by atoms with van der Waals surface area (Å²) in [5.74, 6) is 1.39. The molecule has 7 heteroatoms. The minimum absolute atomic E-state index is 0. The van der Waals surface area contributed by atoms with Gasteiger partial charge in [-0.1, -0.05) is 98.8 Å². The molecule has 3 aromatic rings. The van der Waals surface area contributed by atoms with Gasteiger partial charge in [-0.15, -0.1) is 0 Å². The molecule has 0 aliphatic carbocycles. The Kier molecular flexibility index (Phi) is 14.2. The van der Waals surface area contributed by atoms with E-state index in [4.69, 9.17) is 9.73 Å². The van der Waals surface area contributed by atoms with Crippen molar-refractivity contribution in [2.45, 2.75) is 26.3 Å². The Morgan fingerprint density at radius 1 is 0.844 bits per heavy atom. The fourth-order valence-electron chi connectivity index (χ4n) is 3.50. The van der Waals surface area contributed by atoms with Crippen molar-refractivity contribution in [2.24, 2.45) is 10.9 Å². The predicted molar refractivity (Wildman–Crippen MR) is 124 cm³/mol. The van der Waals surface area contributed by atoms with Crippen molar-refractivity contribution in [3.05, 3.63) is 90.5 Å². The number of hydrogen-bond acceptors (Lipinski definition) is 2. The SMILES string of the molecule is CC(C)[C@H]1COC(Cc2ccccc2P(c2ccccc2)c2ccccc2)=N1.O.[Cl-].[Cl-].[Pd+2]. The maximum absolute atomic E-state index is 5.93. The summed E-state index contributed by atoms with van der Waals surface area (Å²) in [5.41, 5.74) is 1.31. The largest absolute Gasteiger partial charge is 2.00 e. The average molecular weight is 583 g/mol. The summed E-state index contributed by atoms with van der Waals surface area (Å²) in [5, 5.41) is 4.12. The maximum atomic E-state index is 5.93. The van der Waals surface area contributed by atoms with Gasteiger partial charge in [0.2, 0.25) is 0 Å². The van der Waals surface area contributed by atoms with Gasteiger partial charge in [0, 0.05) is 6.42 Å². The first kappa shape index (κ1) is 30.8. The van der Waals surface area contributed by atoms with Gasteiger partial charge in [-0.2, -0.15) is 0 Å². The Hall–Kier alpha value is -1.24. The van der Waals surface area contributed by atoms with Crippen LogP contribution in [0, 0.1) is 5.92 Å². The van der Waals surface area contributed by atoms with Gasteiger partial charge in [-0.05, 0) is 35.3 Å². The number of rotatable bonds is 6. The third-order valence-electron chi connectivity index (χ3n) is 5.10. The average Bonchev–Trinajstić information content (AvgIpc) is 3.20. The van der Waals surface area contributed by atoms with Gasteiger partial charge in [0.1, 0.15) is 6.61 Å². The molecule has 0 bridgehead atoms. The van der Waals surface area contributed by atoms with E-state index >= 15 is 0 Å². The molecular formula is C25H28Cl2NO2PPd. The molecule has 1 aliphatic rings. The van der Waals surface area contributed by atoms with Gasteiger partial charge in [0.25, 0.3) is 0 Å². The molecule has 3 aromatic carbocycles. The molecular weight excluding hydrogens is 555 g/mol. The van der Waals surface area contributed by atoms with E-state index in [1.807, 2.05) is 0 Å². The van der Waals surface area contributed by atoms with E-state index in [-0.39, 0.29) is 56.8 Å². The van der Waals surface area contributed by atoms with Crippen LogP contribution in [0.2, 0.25) is 0 Å². The predicted octanol–water partition coefficient (Wildman–Crippen LogP) is -2.38. The molecule has 0 saturated carbocycles. The van der Waals surface area contributed by atoms with Crippen molar-refractivity contribution >= 4 is 29.7 Å². The summed E-state index contributed by atoms with van der Waals surface area (Å²) in [6, 6.07) is 30.7. The standard InChI is InChI=1S/C25H26NOP.2ClH.H2O.Pd/c1-19(2)23-18-27-25(26-23)17-20-11-9-10-16-24(20)28(21-12-5-3-6-13-21)22-14-7-4-8-15-22;;;;/h3-16,19,23H,17-18H2,1-2H3;2*1H;1H2;/q;;;;+2/p-2/t23-;;;;/m1..../s1. The van der Waals surface area contributed by atoms with Crippen molar-refractivity contribution in [2.75, 3.05) is 6.61 Å². The van der Waals surface area contributed by atoms with Crippen LogP contribution in [0.5, 0.6) is 0 Å². The molecule has 1 aliphatic heterocycles. The summed E-state index contributed by atoms with van der Waals surface area (Å²) in [6.07, 6.45) is 0.762. The van der Waals surface area contributed by atoms with E-state index in [0.717, 1.165) is 12.3 Å². The van der Waals surface area contributed by atoms with Crippen LogP contribution in [0.1, 0.15) is 19.4 Å². The molecule has 174 valence electrons. The van der Waals surface area contributed by atoms with Gasteiger partial charge >= 0.3 is 20.4 Å². The summed E-state index contributed by atoms with van der Waals surface area (Å²) in [6.45, 7) is 5.12. The zero-order valence-corrected chi connectivity index (χ0v) is 22.0. The third kappa shape index (κ3) is 7.39. The molecule has 2 N–H and O–H groups in total. The first-order valence-corrected chi connectivity index (χ1v) is 11.2. The second kappa shape index (κ2) is 14.8. The first-order valence-electron chi connectivity index (χ1n) is 9.90. The van der Waals surface area contributed by atoms with Crippen LogP contribution in [0.4, 0.5) is 0 Å². The molecule has 0 aromatic heterocycles. The van der Waals surface area contributed by atoms with Crippen molar-refractivity contribution in [1.82, 2.24) is 0 Å². The maximum Gasteiger partial charge on any atom is 2.00 e. The van der Waals surface area contributed by atoms with E-state index in [1.54, 1.807) is 0 Å². The van der Waals surface area contributed by atoms with Crippen molar-refractivity contribution < 1.29 is 55.4 Å². The monoisotopic (exact) mass is 581 g/mol. The van der Waals surface area contributed by atoms with Gasteiger partial charge in [0.05, 0.1) is 6.04 Å². The number of nitrogens with zero attached hydrogens (tertiary/aromatic N) is 1. The van der Waals surface area contributed by atoms with Gasteiger partial charge in [-0.25, -0.2) is 4.99 Å². The molecule has 0 amide bonds. The van der Waals surface area contributed by atoms with Crippen LogP contribution in [0.15, 0.2) is 89.9 Å². The molecule has 0 fully saturated rings. The number of aliphatic imine (C=N–C) groups is 1. The molecule has 1 heterocycles. The summed E-state index contributed by atoms with van der Waals surface area (Å²) < 4.78 is 5.93. The van der Waals surface area contributed by atoms with Crippen LogP contribution in [-0.2, 0) is 31.6 Å². The fourth-order valence-corrected chi connectivity index (χ4v) is 5.97. The van der Waals surface area contributed by atoms with Gasteiger partial charge in [0.15, 0.2) is 5.90 Å². The fraction of sp³-hybridized carbons (Fsp3) is 0.240. The van der Waals surface area contributed by atoms with E-state index in [2.05, 4.69) is 98.8 Å². The second-order valence-electron chi connectivity index (χ2n) is 7.46. The Bertz CT molecular complexity index is 919.